The molecule has 0 saturated heterocycles. The van der Waals surface area contributed by atoms with Gasteiger partial charge in [0.25, 0.3) is 0 Å². The zero-order chi connectivity index (χ0) is 15.0. The summed E-state index contributed by atoms with van der Waals surface area (Å²) in [7, 11) is 0. The Morgan fingerprint density at radius 1 is 1.19 bits per heavy atom. The van der Waals surface area contributed by atoms with E-state index in [1.165, 1.54) is 12.1 Å². The predicted molar refractivity (Wildman–Crippen MR) is 85.4 cm³/mol. The molecule has 0 aromatic heterocycles. The van der Waals surface area contributed by atoms with Crippen LogP contribution in [0.1, 0.15) is 24.5 Å². The maximum atomic E-state index is 14.4. The van der Waals surface area contributed by atoms with E-state index in [9.17, 15) is 8.78 Å². The van der Waals surface area contributed by atoms with Gasteiger partial charge in [0, 0.05) is 17.1 Å². The number of rotatable bonds is 2. The number of alkyl halides is 1. The molecule has 1 atom stereocenters. The first kappa shape index (κ1) is 14.5. The molecule has 21 heavy (non-hydrogen) atoms. The second kappa shape index (κ2) is 5.76. The summed E-state index contributed by atoms with van der Waals surface area (Å²) >= 11 is 3.24. The van der Waals surface area contributed by atoms with E-state index in [1.807, 2.05) is 31.2 Å². The van der Waals surface area contributed by atoms with E-state index in [0.717, 1.165) is 24.1 Å². The monoisotopic (exact) mass is 351 g/mol. The maximum absolute atomic E-state index is 14.4. The number of para-hydroxylation sites is 1. The standard InChI is InChI=1S/C17H16BrF2N/c1-11-6-7-13-4-2-3-5-16(13)21(11)17-14(19)8-12(10-18)9-15(17)20/h2-5,8-9,11H,6-7,10H2,1H3. The predicted octanol–water partition coefficient (Wildman–Crippen LogP) is 5.33. The van der Waals surface area contributed by atoms with Crippen molar-refractivity contribution in [1.82, 2.24) is 0 Å². The van der Waals surface area contributed by atoms with Crippen molar-refractivity contribution in [3.63, 3.8) is 0 Å². The molecule has 1 aliphatic rings. The molecule has 3 rings (SSSR count). The van der Waals surface area contributed by atoms with Crippen LogP contribution in [-0.4, -0.2) is 6.04 Å². The number of benzene rings is 2. The first-order chi connectivity index (χ1) is 10.1. The number of nitrogens with zero attached hydrogens (tertiary/aromatic N) is 1. The van der Waals surface area contributed by atoms with Gasteiger partial charge in [0.05, 0.1) is 0 Å². The van der Waals surface area contributed by atoms with Gasteiger partial charge in [-0.05, 0) is 49.1 Å². The minimum Gasteiger partial charge on any atom is -0.334 e. The lowest BCUT2D eigenvalue weighted by Crippen LogP contribution is -2.34. The lowest BCUT2D eigenvalue weighted by atomic mass is 9.95. The Morgan fingerprint density at radius 3 is 2.52 bits per heavy atom. The third-order valence-corrected chi connectivity index (χ3v) is 4.64. The molecule has 2 aromatic rings. The Kier molecular flexibility index (Phi) is 3.98. The molecule has 1 aliphatic heterocycles. The summed E-state index contributed by atoms with van der Waals surface area (Å²) in [5, 5.41) is 0.438. The van der Waals surface area contributed by atoms with Crippen molar-refractivity contribution in [2.45, 2.75) is 31.1 Å². The van der Waals surface area contributed by atoms with Crippen LogP contribution in [0.5, 0.6) is 0 Å². The van der Waals surface area contributed by atoms with E-state index in [-0.39, 0.29) is 11.7 Å². The highest BCUT2D eigenvalue weighted by Crippen LogP contribution is 2.39. The highest BCUT2D eigenvalue weighted by molar-refractivity contribution is 9.08. The number of halogens is 3. The van der Waals surface area contributed by atoms with Crippen molar-refractivity contribution in [3.8, 4) is 0 Å². The van der Waals surface area contributed by atoms with Crippen molar-refractivity contribution in [2.75, 3.05) is 4.90 Å². The van der Waals surface area contributed by atoms with Crippen LogP contribution < -0.4 is 4.90 Å². The van der Waals surface area contributed by atoms with E-state index in [4.69, 9.17) is 0 Å². The topological polar surface area (TPSA) is 3.24 Å². The summed E-state index contributed by atoms with van der Waals surface area (Å²) in [4.78, 5) is 1.79. The highest BCUT2D eigenvalue weighted by Gasteiger charge is 2.28. The maximum Gasteiger partial charge on any atom is 0.150 e. The zero-order valence-electron chi connectivity index (χ0n) is 11.7. The molecule has 0 amide bonds. The fourth-order valence-corrected chi connectivity index (χ4v) is 3.28. The van der Waals surface area contributed by atoms with E-state index in [1.54, 1.807) is 4.90 Å². The third kappa shape index (κ3) is 2.57. The molecule has 0 aliphatic carbocycles. The summed E-state index contributed by atoms with van der Waals surface area (Å²) < 4.78 is 28.9. The van der Waals surface area contributed by atoms with E-state index in [0.29, 0.717) is 10.9 Å². The molecular formula is C17H16BrF2N. The molecule has 0 fully saturated rings. The van der Waals surface area contributed by atoms with Gasteiger partial charge in [-0.2, -0.15) is 0 Å². The van der Waals surface area contributed by atoms with Crippen molar-refractivity contribution in [2.24, 2.45) is 0 Å². The van der Waals surface area contributed by atoms with Gasteiger partial charge in [0.1, 0.15) is 17.3 Å². The highest BCUT2D eigenvalue weighted by atomic mass is 79.9. The summed E-state index contributed by atoms with van der Waals surface area (Å²) in [6.07, 6.45) is 1.83. The Labute approximate surface area is 131 Å². The zero-order valence-corrected chi connectivity index (χ0v) is 13.3. The Balaban J connectivity index is 2.16. The van der Waals surface area contributed by atoms with Crippen LogP contribution in [-0.2, 0) is 11.8 Å². The lowest BCUT2D eigenvalue weighted by molar-refractivity contribution is 0.548. The molecular weight excluding hydrogens is 336 g/mol. The summed E-state index contributed by atoms with van der Waals surface area (Å²) in [6.45, 7) is 2.01. The van der Waals surface area contributed by atoms with Gasteiger partial charge in [-0.1, -0.05) is 34.1 Å². The fraction of sp³-hybridized carbons (Fsp3) is 0.294. The molecule has 1 nitrogen and oxygen atoms in total. The molecule has 110 valence electrons. The first-order valence-electron chi connectivity index (χ1n) is 7.03. The van der Waals surface area contributed by atoms with Crippen molar-refractivity contribution >= 4 is 27.3 Å². The quantitative estimate of drug-likeness (QED) is 0.660. The van der Waals surface area contributed by atoms with Gasteiger partial charge in [-0.25, -0.2) is 8.78 Å². The van der Waals surface area contributed by atoms with Crippen LogP contribution in [0.2, 0.25) is 0 Å². The molecule has 1 heterocycles. The van der Waals surface area contributed by atoms with Crippen LogP contribution >= 0.6 is 15.9 Å². The number of fused-ring (bicyclic) bond motifs is 1. The largest absolute Gasteiger partial charge is 0.334 e. The lowest BCUT2D eigenvalue weighted by Gasteiger charge is -2.37. The van der Waals surface area contributed by atoms with Gasteiger partial charge >= 0.3 is 0 Å². The molecule has 0 N–H and O–H groups in total. The van der Waals surface area contributed by atoms with Gasteiger partial charge in [-0.3, -0.25) is 0 Å². The van der Waals surface area contributed by atoms with Crippen LogP contribution in [0, 0.1) is 11.6 Å². The molecule has 1 unspecified atom stereocenters. The average Bonchev–Trinajstić information content (AvgIpc) is 2.48. The third-order valence-electron chi connectivity index (χ3n) is 4.00. The molecule has 0 bridgehead atoms. The fourth-order valence-electron chi connectivity index (χ4n) is 2.95. The summed E-state index contributed by atoms with van der Waals surface area (Å²) in [6, 6.07) is 10.7. The van der Waals surface area contributed by atoms with E-state index in [2.05, 4.69) is 15.9 Å². The molecule has 4 heteroatoms. The average molecular weight is 352 g/mol. The van der Waals surface area contributed by atoms with Gasteiger partial charge in [-0.15, -0.1) is 0 Å². The SMILES string of the molecule is CC1CCc2ccccc2N1c1c(F)cc(CBr)cc1F. The van der Waals surface area contributed by atoms with Crippen LogP contribution in [0.15, 0.2) is 36.4 Å². The van der Waals surface area contributed by atoms with Gasteiger partial charge in [0.2, 0.25) is 0 Å². The summed E-state index contributed by atoms with van der Waals surface area (Å²) in [5.41, 5.74) is 2.70. The minimum atomic E-state index is -0.506. The Bertz CT molecular complexity index is 649. The molecule has 0 saturated carbocycles. The van der Waals surface area contributed by atoms with Crippen LogP contribution in [0.4, 0.5) is 20.2 Å². The molecule has 2 aromatic carbocycles. The Morgan fingerprint density at radius 2 is 1.86 bits per heavy atom. The summed E-state index contributed by atoms with van der Waals surface area (Å²) in [5.74, 6) is -1.01. The van der Waals surface area contributed by atoms with Crippen molar-refractivity contribution < 1.29 is 8.78 Å². The second-order valence-corrected chi connectivity index (χ2v) is 5.99. The molecule has 0 radical (unpaired) electrons. The van der Waals surface area contributed by atoms with Crippen LogP contribution in [0.3, 0.4) is 0 Å². The van der Waals surface area contributed by atoms with Gasteiger partial charge in [0.15, 0.2) is 0 Å². The van der Waals surface area contributed by atoms with Crippen molar-refractivity contribution in [1.29, 1.82) is 0 Å². The number of hydrogen-bond acceptors (Lipinski definition) is 1. The van der Waals surface area contributed by atoms with E-state index < -0.39 is 11.6 Å². The van der Waals surface area contributed by atoms with Gasteiger partial charge < -0.3 is 4.90 Å². The smallest absolute Gasteiger partial charge is 0.150 e. The second-order valence-electron chi connectivity index (χ2n) is 5.43. The Hall–Kier alpha value is -1.42. The van der Waals surface area contributed by atoms with E-state index >= 15 is 0 Å². The first-order valence-corrected chi connectivity index (χ1v) is 8.15. The normalized spacial score (nSPS) is 17.7. The number of hydrogen-bond donors (Lipinski definition) is 0. The van der Waals surface area contributed by atoms with Crippen LogP contribution in [0.25, 0.3) is 0 Å². The minimum absolute atomic E-state index is 0.0550. The van der Waals surface area contributed by atoms with Crippen molar-refractivity contribution in [3.05, 3.63) is 59.2 Å². The number of aryl methyl sites for hydroxylation is 1. The molecule has 0 spiro atoms. The number of anilines is 2.